The molecule has 1 unspecified atom stereocenters. The SMILES string of the molecule is CC(C)c1[nH]n2nc(C(C)CNC(=O)c3cc(S(=O)(=O)O)cc(S(=O)(=O)O)c3)nc2c1N=Nc1nc(SCCS(=O)(=O)O)ns1. The summed E-state index contributed by atoms with van der Waals surface area (Å²) in [6.07, 6.45) is 0. The summed E-state index contributed by atoms with van der Waals surface area (Å²) in [7, 11) is -13.9. The van der Waals surface area contributed by atoms with Crippen molar-refractivity contribution in [3.05, 3.63) is 35.3 Å². The number of nitrogens with zero attached hydrogens (tertiary/aromatic N) is 7. The molecule has 1 amide bonds. The molecular formula is C21H25N9O10S5. The maximum Gasteiger partial charge on any atom is 0.294 e. The lowest BCUT2D eigenvalue weighted by atomic mass is 10.1. The van der Waals surface area contributed by atoms with Crippen LogP contribution in [0.4, 0.5) is 10.8 Å². The second-order valence-corrected chi connectivity index (χ2v) is 15.9. The Morgan fingerprint density at radius 3 is 2.24 bits per heavy atom. The van der Waals surface area contributed by atoms with Crippen molar-refractivity contribution in [2.45, 2.75) is 47.6 Å². The number of hydrogen-bond acceptors (Lipinski definition) is 15. The van der Waals surface area contributed by atoms with E-state index in [4.69, 9.17) is 4.55 Å². The monoisotopic (exact) mass is 723 g/mol. The van der Waals surface area contributed by atoms with E-state index in [0.717, 1.165) is 35.4 Å². The summed E-state index contributed by atoms with van der Waals surface area (Å²) in [5, 5.41) is 18.9. The molecular weight excluding hydrogens is 699 g/mol. The maximum absolute atomic E-state index is 12.8. The average molecular weight is 724 g/mol. The van der Waals surface area contributed by atoms with Crippen LogP contribution in [-0.2, 0) is 30.4 Å². The highest BCUT2D eigenvalue weighted by atomic mass is 32.2. The zero-order valence-corrected chi connectivity index (χ0v) is 27.5. The summed E-state index contributed by atoms with van der Waals surface area (Å²) in [6.45, 7) is 5.41. The van der Waals surface area contributed by atoms with Gasteiger partial charge in [-0.05, 0) is 24.1 Å². The third-order valence-electron chi connectivity index (χ3n) is 5.85. The zero-order chi connectivity index (χ0) is 33.3. The highest BCUT2D eigenvalue weighted by molar-refractivity contribution is 8.00. The van der Waals surface area contributed by atoms with Crippen molar-refractivity contribution in [3.8, 4) is 0 Å². The van der Waals surface area contributed by atoms with Crippen LogP contribution in [0.3, 0.4) is 0 Å². The summed E-state index contributed by atoms with van der Waals surface area (Å²) < 4.78 is 101. The van der Waals surface area contributed by atoms with Gasteiger partial charge < -0.3 is 5.32 Å². The number of carbonyl (C=O) groups excluding carboxylic acids is 1. The van der Waals surface area contributed by atoms with Crippen LogP contribution in [0.1, 0.15) is 54.5 Å². The van der Waals surface area contributed by atoms with Gasteiger partial charge in [0.15, 0.2) is 11.5 Å². The molecule has 3 heterocycles. The summed E-state index contributed by atoms with van der Waals surface area (Å²) >= 11 is 1.95. The van der Waals surface area contributed by atoms with E-state index in [1.165, 1.54) is 4.63 Å². The van der Waals surface area contributed by atoms with Crippen molar-refractivity contribution in [3.63, 3.8) is 0 Å². The van der Waals surface area contributed by atoms with E-state index in [1.54, 1.807) is 6.92 Å². The Labute approximate surface area is 264 Å². The van der Waals surface area contributed by atoms with Crippen LogP contribution in [0.25, 0.3) is 5.65 Å². The number of rotatable bonds is 13. The molecule has 4 rings (SSSR count). The summed E-state index contributed by atoms with van der Waals surface area (Å²) in [6, 6.07) is 2.02. The molecule has 244 valence electrons. The molecule has 1 aromatic carbocycles. The number of amides is 1. The van der Waals surface area contributed by atoms with Gasteiger partial charge in [0, 0.05) is 35.3 Å². The van der Waals surface area contributed by atoms with Gasteiger partial charge in [-0.25, -0.2) is 4.98 Å². The Morgan fingerprint density at radius 1 is 1.02 bits per heavy atom. The minimum atomic E-state index is -4.90. The Balaban J connectivity index is 1.51. The van der Waals surface area contributed by atoms with E-state index in [0.29, 0.717) is 23.1 Å². The molecule has 5 N–H and O–H groups in total. The fourth-order valence-corrected chi connectivity index (χ4v) is 7.10. The number of carbonyl (C=O) groups is 1. The average Bonchev–Trinajstić information content (AvgIpc) is 3.63. The van der Waals surface area contributed by atoms with Crippen molar-refractivity contribution in [2.24, 2.45) is 10.2 Å². The van der Waals surface area contributed by atoms with Crippen LogP contribution < -0.4 is 5.32 Å². The van der Waals surface area contributed by atoms with Gasteiger partial charge in [0.1, 0.15) is 0 Å². The molecule has 0 bridgehead atoms. The Bertz CT molecular complexity index is 2050. The van der Waals surface area contributed by atoms with Crippen LogP contribution >= 0.6 is 23.3 Å². The van der Waals surface area contributed by atoms with E-state index in [2.05, 4.69) is 40.1 Å². The van der Waals surface area contributed by atoms with Gasteiger partial charge in [-0.15, -0.1) is 15.3 Å². The summed E-state index contributed by atoms with van der Waals surface area (Å²) in [4.78, 5) is 19.6. The predicted molar refractivity (Wildman–Crippen MR) is 159 cm³/mol. The number of nitrogens with one attached hydrogen (secondary N) is 2. The van der Waals surface area contributed by atoms with E-state index in [-0.39, 0.29) is 34.3 Å². The van der Waals surface area contributed by atoms with Gasteiger partial charge >= 0.3 is 0 Å². The molecule has 4 aromatic rings. The molecule has 0 aliphatic rings. The van der Waals surface area contributed by atoms with Crippen molar-refractivity contribution >= 4 is 76.0 Å². The minimum absolute atomic E-state index is 0.0466. The Kier molecular flexibility index (Phi) is 10.1. The topological polar surface area (TPSA) is 289 Å². The first-order chi connectivity index (χ1) is 20.8. The van der Waals surface area contributed by atoms with Crippen molar-refractivity contribution < 1.29 is 43.7 Å². The zero-order valence-electron chi connectivity index (χ0n) is 23.4. The van der Waals surface area contributed by atoms with Gasteiger partial charge in [0.05, 0.1) is 21.2 Å². The first-order valence-corrected chi connectivity index (χ1v) is 18.8. The number of aromatic amines is 1. The molecule has 45 heavy (non-hydrogen) atoms. The molecule has 1 atom stereocenters. The quantitative estimate of drug-likeness (QED) is 0.0752. The normalized spacial score (nSPS) is 13.7. The number of fused-ring (bicyclic) bond motifs is 1. The molecule has 24 heteroatoms. The molecule has 3 aromatic heterocycles. The molecule has 0 saturated heterocycles. The molecule has 0 saturated carbocycles. The number of benzene rings is 1. The molecule has 0 aliphatic carbocycles. The van der Waals surface area contributed by atoms with E-state index >= 15 is 0 Å². The van der Waals surface area contributed by atoms with Crippen LogP contribution in [-0.4, -0.2) is 92.0 Å². The van der Waals surface area contributed by atoms with Crippen molar-refractivity contribution in [1.29, 1.82) is 0 Å². The second-order valence-electron chi connectivity index (χ2n) is 9.68. The first kappa shape index (κ1) is 34.5. The van der Waals surface area contributed by atoms with Gasteiger partial charge in [-0.2, -0.15) is 39.2 Å². The molecule has 0 fully saturated rings. The first-order valence-electron chi connectivity index (χ1n) is 12.5. The Hall–Kier alpha value is -3.39. The largest absolute Gasteiger partial charge is 0.351 e. The molecule has 19 nitrogen and oxygen atoms in total. The highest BCUT2D eigenvalue weighted by Crippen LogP contribution is 2.33. The number of hydrogen-bond donors (Lipinski definition) is 5. The van der Waals surface area contributed by atoms with Crippen molar-refractivity contribution in [1.82, 2.24) is 34.5 Å². The smallest absolute Gasteiger partial charge is 0.294 e. The lowest BCUT2D eigenvalue weighted by molar-refractivity contribution is 0.0951. The lowest BCUT2D eigenvalue weighted by Gasteiger charge is -2.11. The van der Waals surface area contributed by atoms with Crippen molar-refractivity contribution in [2.75, 3.05) is 18.1 Å². The van der Waals surface area contributed by atoms with Crippen LogP contribution in [0.5, 0.6) is 0 Å². The standard InChI is InChI=1S/C21H25N9O10S5/c1-10(2)15-16(25-26-20-24-21(29-42-20)41-4-5-43(32,33)34)18-23-17(28-30(18)27-15)11(3)9-22-19(31)12-6-13(44(35,36)37)8-14(7-12)45(38,39)40/h6-8,10-11,27H,4-5,9H2,1-3H3,(H,22,31)(H,32,33,34)(H,35,36,37)(H,38,39,40). The minimum Gasteiger partial charge on any atom is -0.351 e. The lowest BCUT2D eigenvalue weighted by Crippen LogP contribution is -2.28. The summed E-state index contributed by atoms with van der Waals surface area (Å²) in [5.41, 5.74) is 0.870. The molecule has 0 radical (unpaired) electrons. The van der Waals surface area contributed by atoms with E-state index in [1.807, 2.05) is 13.8 Å². The highest BCUT2D eigenvalue weighted by Gasteiger charge is 2.24. The number of thioether (sulfide) groups is 1. The fraction of sp³-hybridized carbons (Fsp3) is 0.381. The molecule has 0 aliphatic heterocycles. The molecule has 0 spiro atoms. The Morgan fingerprint density at radius 2 is 1.67 bits per heavy atom. The third kappa shape index (κ3) is 8.87. The number of azo groups is 1. The predicted octanol–water partition coefficient (Wildman–Crippen LogP) is 2.45. The van der Waals surface area contributed by atoms with Gasteiger partial charge in [0.2, 0.25) is 15.9 Å². The van der Waals surface area contributed by atoms with Gasteiger partial charge in [-0.3, -0.25) is 23.6 Å². The second kappa shape index (κ2) is 13.1. The van der Waals surface area contributed by atoms with Gasteiger partial charge in [0.25, 0.3) is 36.3 Å². The van der Waals surface area contributed by atoms with E-state index < -0.39 is 63.3 Å². The fourth-order valence-electron chi connectivity index (χ4n) is 3.63. The van der Waals surface area contributed by atoms with Gasteiger partial charge in [-0.1, -0.05) is 32.5 Å². The van der Waals surface area contributed by atoms with Crippen LogP contribution in [0, 0.1) is 0 Å². The van der Waals surface area contributed by atoms with Crippen LogP contribution in [0.2, 0.25) is 0 Å². The maximum atomic E-state index is 12.8. The number of H-pyrrole nitrogens is 1. The third-order valence-corrected chi connectivity index (χ3v) is 10.1. The van der Waals surface area contributed by atoms with E-state index in [9.17, 15) is 39.2 Å². The number of aromatic nitrogens is 6. The van der Waals surface area contributed by atoms with Crippen LogP contribution in [0.15, 0.2) is 43.4 Å². The summed E-state index contributed by atoms with van der Waals surface area (Å²) in [5.74, 6) is -1.61.